The Kier molecular flexibility index (Phi) is 5.15. The molecule has 0 fully saturated rings. The van der Waals surface area contributed by atoms with Crippen LogP contribution >= 0.6 is 0 Å². The maximum Gasteiger partial charge on any atom is 0.263 e. The van der Waals surface area contributed by atoms with Crippen LogP contribution in [0.4, 0.5) is 17.3 Å². The fourth-order valence-electron chi connectivity index (χ4n) is 3.18. The van der Waals surface area contributed by atoms with Gasteiger partial charge < -0.3 is 5.32 Å². The van der Waals surface area contributed by atoms with Gasteiger partial charge in [0, 0.05) is 5.69 Å². The van der Waals surface area contributed by atoms with Gasteiger partial charge in [0.15, 0.2) is 11.6 Å². The summed E-state index contributed by atoms with van der Waals surface area (Å²) in [5.41, 5.74) is 3.71. The predicted octanol–water partition coefficient (Wildman–Crippen LogP) is 3.46. The molecular weight excluding hydrogens is 440 g/mol. The van der Waals surface area contributed by atoms with Crippen molar-refractivity contribution >= 4 is 38.4 Å². The summed E-state index contributed by atoms with van der Waals surface area (Å²) in [7, 11) is -3.94. The van der Waals surface area contributed by atoms with Gasteiger partial charge in [0.25, 0.3) is 10.0 Å². The number of sulfonamides is 1. The van der Waals surface area contributed by atoms with E-state index in [2.05, 4.69) is 35.5 Å². The highest BCUT2D eigenvalue weighted by atomic mass is 32.2. The van der Waals surface area contributed by atoms with Crippen LogP contribution in [-0.2, 0) is 10.0 Å². The van der Waals surface area contributed by atoms with Gasteiger partial charge in [0.2, 0.25) is 0 Å². The van der Waals surface area contributed by atoms with E-state index in [1.807, 2.05) is 49.4 Å². The van der Waals surface area contributed by atoms with Gasteiger partial charge in [-0.15, -0.1) is 5.10 Å². The molecule has 0 aliphatic heterocycles. The van der Waals surface area contributed by atoms with E-state index in [1.54, 1.807) is 18.2 Å². The van der Waals surface area contributed by atoms with Crippen molar-refractivity contribution in [3.8, 4) is 5.69 Å². The number of para-hydroxylation sites is 2. The SMILES string of the molecule is Cc1ccc(Nc2nc3ccccc3nc2NS(=O)(=O)c2ccc(-n3cnnn3)cc2)cc1. The minimum Gasteiger partial charge on any atom is -0.337 e. The number of hydrogen-bond acceptors (Lipinski definition) is 8. The number of aryl methyl sites for hydroxylation is 1. The molecule has 0 spiro atoms. The number of anilines is 3. The number of hydrogen-bond donors (Lipinski definition) is 2. The summed E-state index contributed by atoms with van der Waals surface area (Å²) >= 11 is 0. The molecule has 5 aromatic rings. The number of fused-ring (bicyclic) bond motifs is 1. The van der Waals surface area contributed by atoms with Gasteiger partial charge >= 0.3 is 0 Å². The second-order valence-electron chi connectivity index (χ2n) is 7.25. The molecule has 2 aromatic heterocycles. The van der Waals surface area contributed by atoms with Crippen LogP contribution < -0.4 is 10.0 Å². The molecule has 0 saturated heterocycles. The minimum absolute atomic E-state index is 0.0653. The van der Waals surface area contributed by atoms with Crippen molar-refractivity contribution in [2.24, 2.45) is 0 Å². The van der Waals surface area contributed by atoms with Crippen molar-refractivity contribution in [2.45, 2.75) is 11.8 Å². The Hall–Kier alpha value is -4.38. The van der Waals surface area contributed by atoms with Gasteiger partial charge in [-0.2, -0.15) is 0 Å². The second-order valence-corrected chi connectivity index (χ2v) is 8.94. The highest BCUT2D eigenvalue weighted by molar-refractivity contribution is 7.92. The van der Waals surface area contributed by atoms with Gasteiger partial charge in [0.05, 0.1) is 21.6 Å². The van der Waals surface area contributed by atoms with Crippen LogP contribution in [-0.4, -0.2) is 38.6 Å². The first-order valence-electron chi connectivity index (χ1n) is 9.95. The van der Waals surface area contributed by atoms with Crippen molar-refractivity contribution in [1.29, 1.82) is 0 Å². The normalized spacial score (nSPS) is 11.4. The molecule has 0 saturated carbocycles. The van der Waals surface area contributed by atoms with E-state index < -0.39 is 10.0 Å². The predicted molar refractivity (Wildman–Crippen MR) is 124 cm³/mol. The number of benzene rings is 3. The van der Waals surface area contributed by atoms with E-state index in [9.17, 15) is 8.42 Å². The molecule has 0 unspecified atom stereocenters. The minimum atomic E-state index is -3.94. The van der Waals surface area contributed by atoms with E-state index >= 15 is 0 Å². The second kappa shape index (κ2) is 8.28. The molecule has 164 valence electrons. The first kappa shape index (κ1) is 20.5. The number of tetrazole rings is 1. The molecule has 2 heterocycles. The number of nitrogens with zero attached hydrogens (tertiary/aromatic N) is 6. The molecule has 0 aliphatic rings. The zero-order valence-corrected chi connectivity index (χ0v) is 18.2. The molecule has 2 N–H and O–H groups in total. The molecule has 10 nitrogen and oxygen atoms in total. The Bertz CT molecular complexity index is 1520. The molecule has 0 bridgehead atoms. The fraction of sp³-hybridized carbons (Fsp3) is 0.0455. The number of nitrogens with one attached hydrogen (secondary N) is 2. The lowest BCUT2D eigenvalue weighted by Crippen LogP contribution is -2.16. The highest BCUT2D eigenvalue weighted by Gasteiger charge is 2.19. The van der Waals surface area contributed by atoms with E-state index in [1.165, 1.54) is 23.1 Å². The van der Waals surface area contributed by atoms with Gasteiger partial charge in [-0.05, 0) is 65.9 Å². The molecular formula is C22H18N8O2S. The number of aromatic nitrogens is 6. The van der Waals surface area contributed by atoms with Crippen molar-refractivity contribution in [1.82, 2.24) is 30.2 Å². The van der Waals surface area contributed by atoms with Gasteiger partial charge in [-0.1, -0.05) is 29.8 Å². The lowest BCUT2D eigenvalue weighted by atomic mass is 10.2. The van der Waals surface area contributed by atoms with Crippen LogP contribution in [0.1, 0.15) is 5.56 Å². The summed E-state index contributed by atoms with van der Waals surface area (Å²) in [6.45, 7) is 1.99. The molecule has 5 rings (SSSR count). The highest BCUT2D eigenvalue weighted by Crippen LogP contribution is 2.27. The summed E-state index contributed by atoms with van der Waals surface area (Å²) in [5.74, 6) is 0.394. The summed E-state index contributed by atoms with van der Waals surface area (Å²) in [5, 5.41) is 14.1. The average Bonchev–Trinajstić information content (AvgIpc) is 3.36. The fourth-order valence-corrected chi connectivity index (χ4v) is 4.18. The summed E-state index contributed by atoms with van der Waals surface area (Å²) in [6.07, 6.45) is 1.43. The van der Waals surface area contributed by atoms with Crippen LogP contribution in [0.2, 0.25) is 0 Å². The third-order valence-electron chi connectivity index (χ3n) is 4.88. The van der Waals surface area contributed by atoms with E-state index in [4.69, 9.17) is 0 Å². The first-order valence-corrected chi connectivity index (χ1v) is 11.4. The van der Waals surface area contributed by atoms with Crippen molar-refractivity contribution in [3.63, 3.8) is 0 Å². The molecule has 33 heavy (non-hydrogen) atoms. The number of rotatable bonds is 6. The quantitative estimate of drug-likeness (QED) is 0.396. The van der Waals surface area contributed by atoms with E-state index in [-0.39, 0.29) is 10.7 Å². The third-order valence-corrected chi connectivity index (χ3v) is 6.23. The lowest BCUT2D eigenvalue weighted by molar-refractivity contribution is 0.601. The average molecular weight is 459 g/mol. The van der Waals surface area contributed by atoms with E-state index in [0.717, 1.165) is 11.3 Å². The monoisotopic (exact) mass is 458 g/mol. The molecule has 11 heteroatoms. The lowest BCUT2D eigenvalue weighted by Gasteiger charge is -2.14. The van der Waals surface area contributed by atoms with Crippen molar-refractivity contribution in [3.05, 3.63) is 84.7 Å². The van der Waals surface area contributed by atoms with Crippen LogP contribution in [0, 0.1) is 6.92 Å². The smallest absolute Gasteiger partial charge is 0.263 e. The van der Waals surface area contributed by atoms with Gasteiger partial charge in [-0.3, -0.25) is 4.72 Å². The molecule has 0 atom stereocenters. The Morgan fingerprint density at radius 3 is 2.12 bits per heavy atom. The Labute approximate surface area is 189 Å². The van der Waals surface area contributed by atoms with Crippen LogP contribution in [0.3, 0.4) is 0 Å². The Morgan fingerprint density at radius 2 is 1.48 bits per heavy atom. The van der Waals surface area contributed by atoms with Crippen molar-refractivity contribution < 1.29 is 8.42 Å². The van der Waals surface area contributed by atoms with Crippen LogP contribution in [0.15, 0.2) is 84.0 Å². The molecule has 3 aromatic carbocycles. The zero-order chi connectivity index (χ0) is 22.8. The van der Waals surface area contributed by atoms with Crippen LogP contribution in [0.5, 0.6) is 0 Å². The molecule has 0 aliphatic carbocycles. The Balaban J connectivity index is 1.50. The third kappa shape index (κ3) is 4.34. The maximum absolute atomic E-state index is 13.1. The summed E-state index contributed by atoms with van der Waals surface area (Å²) < 4.78 is 30.3. The molecule has 0 amide bonds. The summed E-state index contributed by atoms with van der Waals surface area (Å²) in [4.78, 5) is 9.17. The van der Waals surface area contributed by atoms with Crippen molar-refractivity contribution in [2.75, 3.05) is 10.0 Å². The topological polar surface area (TPSA) is 128 Å². The first-order chi connectivity index (χ1) is 16.0. The summed E-state index contributed by atoms with van der Waals surface area (Å²) in [6, 6.07) is 21.1. The van der Waals surface area contributed by atoms with E-state index in [0.29, 0.717) is 22.5 Å². The largest absolute Gasteiger partial charge is 0.337 e. The van der Waals surface area contributed by atoms with Gasteiger partial charge in [-0.25, -0.2) is 23.1 Å². The van der Waals surface area contributed by atoms with Gasteiger partial charge in [0.1, 0.15) is 6.33 Å². The zero-order valence-electron chi connectivity index (χ0n) is 17.4. The van der Waals surface area contributed by atoms with Crippen LogP contribution in [0.25, 0.3) is 16.7 Å². The standard InChI is InChI=1S/C22H18N8O2S/c1-15-6-8-16(9-7-15)24-21-22(26-20-5-3-2-4-19(20)25-21)27-33(31,32)18-12-10-17(11-13-18)30-14-23-28-29-30/h2-14H,1H3,(H,24,25)(H,26,27). The Morgan fingerprint density at radius 1 is 0.818 bits per heavy atom. The maximum atomic E-state index is 13.1. The molecule has 0 radical (unpaired) electrons.